The van der Waals surface area contributed by atoms with E-state index in [1.807, 2.05) is 26.2 Å². The molecule has 0 saturated heterocycles. The van der Waals surface area contributed by atoms with Crippen molar-refractivity contribution in [2.45, 2.75) is 19.9 Å². The Morgan fingerprint density at radius 1 is 1.36 bits per heavy atom. The van der Waals surface area contributed by atoms with Crippen LogP contribution in [0.3, 0.4) is 0 Å². The molecule has 6 heteroatoms. The van der Waals surface area contributed by atoms with Gasteiger partial charge in [-0.25, -0.2) is 0 Å². The van der Waals surface area contributed by atoms with Crippen LogP contribution in [0.25, 0.3) is 0 Å². The molecule has 22 heavy (non-hydrogen) atoms. The van der Waals surface area contributed by atoms with Crippen LogP contribution in [0.4, 0.5) is 0 Å². The van der Waals surface area contributed by atoms with Crippen LogP contribution in [0.1, 0.15) is 16.1 Å². The van der Waals surface area contributed by atoms with E-state index in [-0.39, 0.29) is 24.0 Å². The highest BCUT2D eigenvalue weighted by Crippen LogP contribution is 2.09. The molecule has 2 aromatic heterocycles. The molecule has 120 valence electrons. The number of hydrogen-bond acceptors (Lipinski definition) is 3. The molecule has 0 spiro atoms. The summed E-state index contributed by atoms with van der Waals surface area (Å²) >= 11 is 1.80. The molecule has 0 radical (unpaired) electrons. The Morgan fingerprint density at radius 2 is 2.18 bits per heavy atom. The zero-order chi connectivity index (χ0) is 15.1. The number of likely N-dealkylation sites (N-methyl/N-ethyl adjacent to an activating group) is 1. The third kappa shape index (κ3) is 5.92. The Morgan fingerprint density at radius 3 is 2.77 bits per heavy atom. The molecule has 0 aliphatic rings. The van der Waals surface area contributed by atoms with Gasteiger partial charge >= 0.3 is 0 Å². The maximum Gasteiger partial charge on any atom is 0.193 e. The van der Waals surface area contributed by atoms with Crippen molar-refractivity contribution in [3.05, 3.63) is 52.0 Å². The van der Waals surface area contributed by atoms with Crippen molar-refractivity contribution < 1.29 is 0 Å². The average Bonchev–Trinajstić information content (AvgIpc) is 3.01. The molecule has 0 aliphatic heterocycles. The summed E-state index contributed by atoms with van der Waals surface area (Å²) in [6.45, 7) is 3.68. The molecule has 0 unspecified atom stereocenters. The number of aliphatic imine (C=N–C) groups is 1. The first kappa shape index (κ1) is 18.9. The highest BCUT2D eigenvalue weighted by Gasteiger charge is 2.06. The van der Waals surface area contributed by atoms with Crippen LogP contribution >= 0.6 is 35.3 Å². The van der Waals surface area contributed by atoms with Gasteiger partial charge in [-0.15, -0.1) is 35.3 Å². The Balaban J connectivity index is 0.00000242. The van der Waals surface area contributed by atoms with Crippen LogP contribution in [0.15, 0.2) is 40.8 Å². The molecule has 2 heterocycles. The first-order chi connectivity index (χ1) is 10.2. The summed E-state index contributed by atoms with van der Waals surface area (Å²) in [5.74, 6) is 0.909. The molecule has 0 bridgehead atoms. The van der Waals surface area contributed by atoms with Gasteiger partial charge in [0, 0.05) is 44.0 Å². The van der Waals surface area contributed by atoms with Gasteiger partial charge in [-0.1, -0.05) is 12.1 Å². The smallest absolute Gasteiger partial charge is 0.193 e. The molecule has 0 atom stereocenters. The van der Waals surface area contributed by atoms with E-state index in [0.717, 1.165) is 36.7 Å². The van der Waals surface area contributed by atoms with Crippen LogP contribution in [-0.2, 0) is 13.0 Å². The predicted molar refractivity (Wildman–Crippen MR) is 105 cm³/mol. The second-order valence-electron chi connectivity index (χ2n) is 4.96. The van der Waals surface area contributed by atoms with Gasteiger partial charge in [-0.05, 0) is 36.4 Å². The van der Waals surface area contributed by atoms with Crippen molar-refractivity contribution in [1.82, 2.24) is 15.2 Å². The number of nitrogens with zero attached hydrogens (tertiary/aromatic N) is 3. The van der Waals surface area contributed by atoms with Gasteiger partial charge in [0.25, 0.3) is 0 Å². The number of aryl methyl sites for hydroxylation is 1. The lowest BCUT2D eigenvalue weighted by Crippen LogP contribution is -2.39. The standard InChI is InChI=1S/C16H22N4S.HI/c1-13-6-7-14(11-18-13)12-19-16(17-2)20(3)9-8-15-5-4-10-21-15;/h4-7,10-11H,8-9,12H2,1-3H3,(H,17,19);1H. The van der Waals surface area contributed by atoms with Crippen LogP contribution < -0.4 is 5.32 Å². The third-order valence-electron chi connectivity index (χ3n) is 3.27. The Bertz CT molecular complexity index is 566. The fourth-order valence-corrected chi connectivity index (χ4v) is 2.71. The minimum Gasteiger partial charge on any atom is -0.352 e. The second-order valence-corrected chi connectivity index (χ2v) is 5.99. The van der Waals surface area contributed by atoms with E-state index in [0.29, 0.717) is 0 Å². The lowest BCUT2D eigenvalue weighted by molar-refractivity contribution is 0.486. The Kier molecular flexibility index (Phi) is 8.40. The molecule has 0 aromatic carbocycles. The van der Waals surface area contributed by atoms with Crippen LogP contribution in [0, 0.1) is 6.92 Å². The SMILES string of the molecule is CN=C(NCc1ccc(C)nc1)N(C)CCc1cccs1.I. The van der Waals surface area contributed by atoms with Crippen molar-refractivity contribution >= 4 is 41.3 Å². The van der Waals surface area contributed by atoms with Crippen molar-refractivity contribution in [2.75, 3.05) is 20.6 Å². The van der Waals surface area contributed by atoms with Crippen molar-refractivity contribution in [3.63, 3.8) is 0 Å². The largest absolute Gasteiger partial charge is 0.352 e. The van der Waals surface area contributed by atoms with Gasteiger partial charge in [-0.2, -0.15) is 0 Å². The normalized spacial score (nSPS) is 11.0. The number of pyridine rings is 1. The first-order valence-corrected chi connectivity index (χ1v) is 7.92. The number of hydrogen-bond donors (Lipinski definition) is 1. The van der Waals surface area contributed by atoms with Gasteiger partial charge in [0.1, 0.15) is 0 Å². The topological polar surface area (TPSA) is 40.5 Å². The third-order valence-corrected chi connectivity index (χ3v) is 4.21. The quantitative estimate of drug-likeness (QED) is 0.450. The van der Waals surface area contributed by atoms with Crippen LogP contribution in [0.5, 0.6) is 0 Å². The molecular weight excluding hydrogens is 407 g/mol. The van der Waals surface area contributed by atoms with Crippen molar-refractivity contribution in [3.8, 4) is 0 Å². The maximum absolute atomic E-state index is 4.33. The van der Waals surface area contributed by atoms with Crippen LogP contribution in [0.2, 0.25) is 0 Å². The zero-order valence-electron chi connectivity index (χ0n) is 13.2. The summed E-state index contributed by atoms with van der Waals surface area (Å²) in [5.41, 5.74) is 2.20. The number of halogens is 1. The van der Waals surface area contributed by atoms with E-state index in [1.165, 1.54) is 4.88 Å². The summed E-state index contributed by atoms with van der Waals surface area (Å²) in [5, 5.41) is 5.49. The maximum atomic E-state index is 4.33. The molecule has 1 N–H and O–H groups in total. The summed E-state index contributed by atoms with van der Waals surface area (Å²) in [4.78, 5) is 12.2. The van der Waals surface area contributed by atoms with E-state index in [9.17, 15) is 0 Å². The zero-order valence-corrected chi connectivity index (χ0v) is 16.4. The van der Waals surface area contributed by atoms with Gasteiger partial charge < -0.3 is 10.2 Å². The molecule has 2 rings (SSSR count). The van der Waals surface area contributed by atoms with E-state index in [2.05, 4.69) is 50.8 Å². The highest BCUT2D eigenvalue weighted by molar-refractivity contribution is 14.0. The van der Waals surface area contributed by atoms with E-state index < -0.39 is 0 Å². The minimum absolute atomic E-state index is 0. The summed E-state index contributed by atoms with van der Waals surface area (Å²) in [6, 6.07) is 8.39. The molecule has 4 nitrogen and oxygen atoms in total. The number of thiophene rings is 1. The van der Waals surface area contributed by atoms with Gasteiger partial charge in [0.15, 0.2) is 5.96 Å². The fourth-order valence-electron chi connectivity index (χ4n) is 2.01. The number of nitrogens with one attached hydrogen (secondary N) is 1. The monoisotopic (exact) mass is 430 g/mol. The van der Waals surface area contributed by atoms with Gasteiger partial charge in [0.2, 0.25) is 0 Å². The number of guanidine groups is 1. The second kappa shape index (κ2) is 9.78. The average molecular weight is 430 g/mol. The number of rotatable bonds is 5. The predicted octanol–water partition coefficient (Wildman–Crippen LogP) is 3.32. The molecule has 0 fully saturated rings. The number of aromatic nitrogens is 1. The van der Waals surface area contributed by atoms with E-state index in [4.69, 9.17) is 0 Å². The molecule has 0 saturated carbocycles. The van der Waals surface area contributed by atoms with Crippen molar-refractivity contribution in [2.24, 2.45) is 4.99 Å². The first-order valence-electron chi connectivity index (χ1n) is 7.04. The fraction of sp³-hybridized carbons (Fsp3) is 0.375. The van der Waals surface area contributed by atoms with Crippen LogP contribution in [-0.4, -0.2) is 36.5 Å². The summed E-state index contributed by atoms with van der Waals surface area (Å²) in [7, 11) is 3.88. The summed E-state index contributed by atoms with van der Waals surface area (Å²) < 4.78 is 0. The van der Waals surface area contributed by atoms with E-state index in [1.54, 1.807) is 11.3 Å². The molecular formula is C16H23IN4S. The minimum atomic E-state index is 0. The lowest BCUT2D eigenvalue weighted by Gasteiger charge is -2.21. The van der Waals surface area contributed by atoms with Gasteiger partial charge in [-0.3, -0.25) is 9.98 Å². The van der Waals surface area contributed by atoms with Gasteiger partial charge in [0.05, 0.1) is 0 Å². The van der Waals surface area contributed by atoms with E-state index >= 15 is 0 Å². The Hall–Kier alpha value is -1.15. The highest BCUT2D eigenvalue weighted by atomic mass is 127. The summed E-state index contributed by atoms with van der Waals surface area (Å²) in [6.07, 6.45) is 2.95. The lowest BCUT2D eigenvalue weighted by atomic mass is 10.2. The Labute approximate surface area is 153 Å². The molecule has 2 aromatic rings. The van der Waals surface area contributed by atoms with Crippen molar-refractivity contribution in [1.29, 1.82) is 0 Å². The molecule has 0 amide bonds. The molecule has 0 aliphatic carbocycles.